The average Bonchev–Trinajstić information content (AvgIpc) is 3.50. The fourth-order valence-electron chi connectivity index (χ4n) is 3.10. The Morgan fingerprint density at radius 1 is 1.14 bits per heavy atom. The summed E-state index contributed by atoms with van der Waals surface area (Å²) in [5.74, 6) is 0.435. The normalized spacial score (nSPS) is 15.3. The Balaban J connectivity index is 0.00000300. The molecule has 6 nitrogen and oxygen atoms in total. The van der Waals surface area contributed by atoms with Crippen LogP contribution in [0.5, 0.6) is 0 Å². The van der Waals surface area contributed by atoms with E-state index in [4.69, 9.17) is 0 Å². The van der Waals surface area contributed by atoms with Crippen LogP contribution < -0.4 is 15.4 Å². The zero-order valence-corrected chi connectivity index (χ0v) is 19.6. The van der Waals surface area contributed by atoms with Gasteiger partial charge in [0.25, 0.3) is 0 Å². The average molecular weight is 532 g/mol. The molecular formula is C20H26FIN4O2S. The molecule has 1 fully saturated rings. The summed E-state index contributed by atoms with van der Waals surface area (Å²) in [5.41, 5.74) is 1.91. The summed E-state index contributed by atoms with van der Waals surface area (Å²) in [6.07, 6.45) is 2.03. The van der Waals surface area contributed by atoms with Gasteiger partial charge in [0.2, 0.25) is 10.0 Å². The van der Waals surface area contributed by atoms with Gasteiger partial charge >= 0.3 is 0 Å². The van der Waals surface area contributed by atoms with Gasteiger partial charge in [0.15, 0.2) is 5.96 Å². The number of aliphatic imine (C=N–C) groups is 1. The minimum atomic E-state index is -3.43. The monoisotopic (exact) mass is 532 g/mol. The van der Waals surface area contributed by atoms with Crippen LogP contribution in [0.4, 0.5) is 4.39 Å². The van der Waals surface area contributed by atoms with Gasteiger partial charge in [-0.25, -0.2) is 17.5 Å². The largest absolute Gasteiger partial charge is 0.356 e. The van der Waals surface area contributed by atoms with E-state index in [-0.39, 0.29) is 40.1 Å². The maximum Gasteiger partial charge on any atom is 0.240 e. The minimum Gasteiger partial charge on any atom is -0.356 e. The molecule has 0 unspecified atom stereocenters. The van der Waals surface area contributed by atoms with E-state index >= 15 is 0 Å². The Labute approximate surface area is 188 Å². The molecule has 1 saturated carbocycles. The molecule has 2 aromatic carbocycles. The van der Waals surface area contributed by atoms with Crippen molar-refractivity contribution in [2.75, 3.05) is 20.6 Å². The van der Waals surface area contributed by atoms with Crippen LogP contribution >= 0.6 is 24.0 Å². The Bertz CT molecular complexity index is 961. The first-order valence-corrected chi connectivity index (χ1v) is 10.6. The van der Waals surface area contributed by atoms with Crippen LogP contribution in [0.2, 0.25) is 0 Å². The van der Waals surface area contributed by atoms with Crippen LogP contribution in [0.25, 0.3) is 0 Å². The molecule has 0 heterocycles. The van der Waals surface area contributed by atoms with Crippen molar-refractivity contribution in [3.63, 3.8) is 0 Å². The molecule has 1 aliphatic carbocycles. The van der Waals surface area contributed by atoms with Crippen molar-refractivity contribution in [3.05, 3.63) is 65.5 Å². The summed E-state index contributed by atoms with van der Waals surface area (Å²) >= 11 is 0. The molecule has 0 saturated heterocycles. The van der Waals surface area contributed by atoms with Crippen molar-refractivity contribution in [2.45, 2.75) is 29.7 Å². The highest BCUT2D eigenvalue weighted by molar-refractivity contribution is 14.0. The molecule has 3 rings (SSSR count). The molecule has 0 aromatic heterocycles. The molecule has 29 heavy (non-hydrogen) atoms. The van der Waals surface area contributed by atoms with Gasteiger partial charge in [-0.15, -0.1) is 24.0 Å². The zero-order valence-electron chi connectivity index (χ0n) is 16.4. The van der Waals surface area contributed by atoms with Crippen molar-refractivity contribution >= 4 is 40.0 Å². The van der Waals surface area contributed by atoms with E-state index in [1.807, 2.05) is 6.07 Å². The third-order valence-corrected chi connectivity index (χ3v) is 6.50. The van der Waals surface area contributed by atoms with Crippen LogP contribution in [-0.2, 0) is 22.0 Å². The van der Waals surface area contributed by atoms with Gasteiger partial charge in [0.1, 0.15) is 5.82 Å². The molecule has 0 atom stereocenters. The highest BCUT2D eigenvalue weighted by Gasteiger charge is 2.44. The summed E-state index contributed by atoms with van der Waals surface area (Å²) in [4.78, 5) is 4.46. The van der Waals surface area contributed by atoms with Crippen molar-refractivity contribution in [2.24, 2.45) is 4.99 Å². The minimum absolute atomic E-state index is 0. The summed E-state index contributed by atoms with van der Waals surface area (Å²) in [6, 6.07) is 13.4. The lowest BCUT2D eigenvalue weighted by Gasteiger charge is -2.19. The van der Waals surface area contributed by atoms with Crippen molar-refractivity contribution < 1.29 is 12.8 Å². The van der Waals surface area contributed by atoms with Crippen molar-refractivity contribution in [1.82, 2.24) is 15.4 Å². The highest BCUT2D eigenvalue weighted by Crippen LogP contribution is 2.47. The van der Waals surface area contributed by atoms with Gasteiger partial charge in [-0.3, -0.25) is 4.99 Å². The van der Waals surface area contributed by atoms with Crippen molar-refractivity contribution in [3.8, 4) is 0 Å². The lowest BCUT2D eigenvalue weighted by atomic mass is 9.96. The topological polar surface area (TPSA) is 82.6 Å². The number of halogens is 2. The van der Waals surface area contributed by atoms with Crippen LogP contribution in [-0.4, -0.2) is 35.0 Å². The fraction of sp³-hybridized carbons (Fsp3) is 0.350. The predicted molar refractivity (Wildman–Crippen MR) is 124 cm³/mol. The molecule has 0 radical (unpaired) electrons. The summed E-state index contributed by atoms with van der Waals surface area (Å²) < 4.78 is 39.4. The van der Waals surface area contributed by atoms with E-state index in [9.17, 15) is 12.8 Å². The van der Waals surface area contributed by atoms with Crippen LogP contribution in [0.15, 0.2) is 58.4 Å². The molecule has 0 spiro atoms. The summed E-state index contributed by atoms with van der Waals surface area (Å²) in [7, 11) is -0.352. The quantitative estimate of drug-likeness (QED) is 0.291. The van der Waals surface area contributed by atoms with Gasteiger partial charge in [0, 0.05) is 25.6 Å². The first-order chi connectivity index (χ1) is 13.4. The second-order valence-electron chi connectivity index (χ2n) is 6.92. The van der Waals surface area contributed by atoms with E-state index in [1.165, 1.54) is 13.1 Å². The molecule has 0 aliphatic heterocycles. The van der Waals surface area contributed by atoms with Crippen LogP contribution in [0.3, 0.4) is 0 Å². The first kappa shape index (κ1) is 23.6. The Morgan fingerprint density at radius 3 is 2.38 bits per heavy atom. The Hall–Kier alpha value is -1.72. The van der Waals surface area contributed by atoms with Crippen LogP contribution in [0, 0.1) is 5.82 Å². The maximum atomic E-state index is 13.5. The Morgan fingerprint density at radius 2 is 1.83 bits per heavy atom. The molecule has 1 aliphatic rings. The fourth-order valence-corrected chi connectivity index (χ4v) is 3.83. The molecule has 3 N–H and O–H groups in total. The van der Waals surface area contributed by atoms with Gasteiger partial charge in [-0.2, -0.15) is 0 Å². The first-order valence-electron chi connectivity index (χ1n) is 9.12. The van der Waals surface area contributed by atoms with Gasteiger partial charge in [-0.1, -0.05) is 24.3 Å². The molecule has 2 aromatic rings. The lowest BCUT2D eigenvalue weighted by molar-refractivity contribution is 0.588. The number of hydrogen-bond acceptors (Lipinski definition) is 3. The number of guanidine groups is 1. The molecule has 158 valence electrons. The van der Waals surface area contributed by atoms with E-state index in [0.29, 0.717) is 19.0 Å². The van der Waals surface area contributed by atoms with Gasteiger partial charge < -0.3 is 10.6 Å². The lowest BCUT2D eigenvalue weighted by Crippen LogP contribution is -2.40. The van der Waals surface area contributed by atoms with E-state index in [0.717, 1.165) is 24.0 Å². The number of rotatable bonds is 7. The van der Waals surface area contributed by atoms with Gasteiger partial charge in [0.05, 0.1) is 4.90 Å². The van der Waals surface area contributed by atoms with Crippen LogP contribution in [0.1, 0.15) is 24.0 Å². The van der Waals surface area contributed by atoms with E-state index in [2.05, 4.69) is 20.3 Å². The number of nitrogens with one attached hydrogen (secondary N) is 3. The number of hydrogen-bond donors (Lipinski definition) is 3. The molecular weight excluding hydrogens is 506 g/mol. The highest BCUT2D eigenvalue weighted by atomic mass is 127. The van der Waals surface area contributed by atoms with Gasteiger partial charge in [-0.05, 0) is 55.3 Å². The summed E-state index contributed by atoms with van der Waals surface area (Å²) in [5, 5.41) is 6.54. The number of sulfonamides is 1. The smallest absolute Gasteiger partial charge is 0.240 e. The second-order valence-corrected chi connectivity index (χ2v) is 8.81. The standard InChI is InChI=1S/C20H25FN4O2S.HI/c1-22-19(24-13-15-6-8-18(9-7-15)28(26,27)23-2)25-14-20(10-11-20)16-4-3-5-17(21)12-16;/h3-9,12,23H,10-11,13-14H2,1-2H3,(H2,22,24,25);1H. The van der Waals surface area contributed by atoms with E-state index in [1.54, 1.807) is 43.4 Å². The number of benzene rings is 2. The number of nitrogens with zero attached hydrogens (tertiary/aromatic N) is 1. The molecule has 0 bridgehead atoms. The predicted octanol–water partition coefficient (Wildman–Crippen LogP) is 2.75. The van der Waals surface area contributed by atoms with Crippen molar-refractivity contribution in [1.29, 1.82) is 0 Å². The second kappa shape index (κ2) is 9.86. The van der Waals surface area contributed by atoms with E-state index < -0.39 is 10.0 Å². The maximum absolute atomic E-state index is 13.5. The zero-order chi connectivity index (χ0) is 20.2. The SMILES string of the molecule is CN=C(NCc1ccc(S(=O)(=O)NC)cc1)NCC1(c2cccc(F)c2)CC1.I. The third-order valence-electron chi connectivity index (χ3n) is 5.07. The molecule has 0 amide bonds. The molecule has 9 heteroatoms. The Kier molecular flexibility index (Phi) is 8.01. The third kappa shape index (κ3) is 5.89. The summed E-state index contributed by atoms with van der Waals surface area (Å²) in [6.45, 7) is 1.18.